The molecule has 1 aliphatic carbocycles. The largest absolute Gasteiger partial charge is 0.496 e. The minimum atomic E-state index is 0.260. The van der Waals surface area contributed by atoms with Crippen LogP contribution in [0.2, 0.25) is 0 Å². The smallest absolute Gasteiger partial charge is 0.122 e. The molecule has 1 aromatic rings. The molecule has 1 nitrogen and oxygen atoms in total. The summed E-state index contributed by atoms with van der Waals surface area (Å²) in [6.07, 6.45) is 2.20. The van der Waals surface area contributed by atoms with Crippen molar-refractivity contribution in [3.8, 4) is 5.75 Å². The summed E-state index contributed by atoms with van der Waals surface area (Å²) in [6, 6.07) is 8.12. The van der Waals surface area contributed by atoms with Crippen LogP contribution in [0.4, 0.5) is 0 Å². The van der Waals surface area contributed by atoms with E-state index in [2.05, 4.69) is 13.0 Å². The average molecular weight is 225 g/mol. The molecule has 0 heterocycles. The highest BCUT2D eigenvalue weighted by atomic mass is 35.5. The van der Waals surface area contributed by atoms with E-state index < -0.39 is 0 Å². The topological polar surface area (TPSA) is 9.23 Å². The molecule has 1 aromatic carbocycles. The Kier molecular flexibility index (Phi) is 3.20. The van der Waals surface area contributed by atoms with Crippen LogP contribution in [0, 0.1) is 11.8 Å². The molecule has 0 saturated heterocycles. The molecule has 15 heavy (non-hydrogen) atoms. The number of para-hydroxylation sites is 1. The number of rotatable bonds is 4. The van der Waals surface area contributed by atoms with Crippen LogP contribution in [0.15, 0.2) is 24.3 Å². The lowest BCUT2D eigenvalue weighted by Gasteiger charge is -2.11. The van der Waals surface area contributed by atoms with E-state index in [9.17, 15) is 0 Å². The second-order valence-corrected chi connectivity index (χ2v) is 4.97. The molecule has 0 aliphatic heterocycles. The van der Waals surface area contributed by atoms with Crippen molar-refractivity contribution in [2.45, 2.75) is 25.1 Å². The lowest BCUT2D eigenvalue weighted by Crippen LogP contribution is -2.08. The van der Waals surface area contributed by atoms with Gasteiger partial charge in [-0.2, -0.15) is 0 Å². The Labute approximate surface area is 96.4 Å². The van der Waals surface area contributed by atoms with Crippen LogP contribution in [0.5, 0.6) is 5.75 Å². The van der Waals surface area contributed by atoms with E-state index >= 15 is 0 Å². The number of benzene rings is 1. The number of ether oxygens (including phenoxy) is 1. The molecule has 2 heteroatoms. The summed E-state index contributed by atoms with van der Waals surface area (Å²) in [5, 5.41) is 0.260. The van der Waals surface area contributed by atoms with Crippen molar-refractivity contribution >= 4 is 11.6 Å². The summed E-state index contributed by atoms with van der Waals surface area (Å²) in [5.74, 6) is 2.47. The lowest BCUT2D eigenvalue weighted by atomic mass is 10.1. The normalized spacial score (nSPS) is 26.1. The molecule has 0 spiro atoms. The van der Waals surface area contributed by atoms with Gasteiger partial charge in [0, 0.05) is 5.38 Å². The Hall–Kier alpha value is -0.690. The van der Waals surface area contributed by atoms with Crippen molar-refractivity contribution in [3.63, 3.8) is 0 Å². The monoisotopic (exact) mass is 224 g/mol. The Balaban J connectivity index is 2.03. The first kappa shape index (κ1) is 10.8. The maximum absolute atomic E-state index is 6.38. The van der Waals surface area contributed by atoms with Gasteiger partial charge in [-0.25, -0.2) is 0 Å². The molecule has 0 amide bonds. The first-order chi connectivity index (χ1) is 7.22. The molecule has 2 rings (SSSR count). The molecule has 1 fully saturated rings. The predicted molar refractivity (Wildman–Crippen MR) is 63.6 cm³/mol. The highest BCUT2D eigenvalue weighted by molar-refractivity contribution is 6.21. The zero-order valence-corrected chi connectivity index (χ0v) is 10.00. The fourth-order valence-corrected chi connectivity index (χ4v) is 2.61. The van der Waals surface area contributed by atoms with Gasteiger partial charge in [0.25, 0.3) is 0 Å². The lowest BCUT2D eigenvalue weighted by molar-refractivity contribution is 0.408. The van der Waals surface area contributed by atoms with Gasteiger partial charge in [-0.05, 0) is 36.3 Å². The molecule has 1 saturated carbocycles. The summed E-state index contributed by atoms with van der Waals surface area (Å²) < 4.78 is 5.31. The summed E-state index contributed by atoms with van der Waals surface area (Å²) in [5.41, 5.74) is 1.22. The molecule has 1 aliphatic rings. The van der Waals surface area contributed by atoms with Gasteiger partial charge < -0.3 is 4.74 Å². The highest BCUT2D eigenvalue weighted by Crippen LogP contribution is 2.44. The maximum Gasteiger partial charge on any atom is 0.122 e. The van der Waals surface area contributed by atoms with Crippen LogP contribution in [0.25, 0.3) is 0 Å². The summed E-state index contributed by atoms with van der Waals surface area (Å²) in [6.45, 7) is 2.27. The fourth-order valence-electron chi connectivity index (χ4n) is 2.09. The Bertz CT molecular complexity index is 337. The van der Waals surface area contributed by atoms with Crippen molar-refractivity contribution in [1.29, 1.82) is 0 Å². The van der Waals surface area contributed by atoms with Crippen molar-refractivity contribution in [2.24, 2.45) is 11.8 Å². The fraction of sp³-hybridized carbons (Fsp3) is 0.538. The van der Waals surface area contributed by atoms with E-state index in [1.807, 2.05) is 18.2 Å². The zero-order chi connectivity index (χ0) is 10.8. The van der Waals surface area contributed by atoms with Crippen LogP contribution < -0.4 is 4.74 Å². The third kappa shape index (κ3) is 2.46. The minimum Gasteiger partial charge on any atom is -0.496 e. The zero-order valence-electron chi connectivity index (χ0n) is 9.24. The molecule has 82 valence electrons. The van der Waals surface area contributed by atoms with Gasteiger partial charge in [0.2, 0.25) is 0 Å². The Morgan fingerprint density at radius 3 is 2.73 bits per heavy atom. The number of methoxy groups -OCH3 is 1. The van der Waals surface area contributed by atoms with Gasteiger partial charge in [-0.1, -0.05) is 25.1 Å². The SMILES string of the molecule is COc1ccccc1CC(Cl)C1CC1C. The van der Waals surface area contributed by atoms with Crippen LogP contribution in [0.1, 0.15) is 18.9 Å². The molecule has 0 N–H and O–H groups in total. The van der Waals surface area contributed by atoms with Gasteiger partial charge >= 0.3 is 0 Å². The summed E-state index contributed by atoms with van der Waals surface area (Å²) >= 11 is 6.38. The maximum atomic E-state index is 6.38. The first-order valence-electron chi connectivity index (χ1n) is 5.48. The van der Waals surface area contributed by atoms with Crippen molar-refractivity contribution in [2.75, 3.05) is 7.11 Å². The van der Waals surface area contributed by atoms with Crippen molar-refractivity contribution in [3.05, 3.63) is 29.8 Å². The number of hydrogen-bond acceptors (Lipinski definition) is 1. The van der Waals surface area contributed by atoms with Crippen molar-refractivity contribution in [1.82, 2.24) is 0 Å². The Morgan fingerprint density at radius 1 is 1.47 bits per heavy atom. The minimum absolute atomic E-state index is 0.260. The van der Waals surface area contributed by atoms with Crippen LogP contribution >= 0.6 is 11.6 Å². The van der Waals surface area contributed by atoms with Gasteiger partial charge in [-0.15, -0.1) is 11.6 Å². The Morgan fingerprint density at radius 2 is 2.13 bits per heavy atom. The van der Waals surface area contributed by atoms with Gasteiger partial charge in [0.15, 0.2) is 0 Å². The standard InChI is InChI=1S/C13H17ClO/c1-9-7-11(9)12(14)8-10-5-3-4-6-13(10)15-2/h3-6,9,11-12H,7-8H2,1-2H3. The highest BCUT2D eigenvalue weighted by Gasteiger charge is 2.38. The van der Waals surface area contributed by atoms with Gasteiger partial charge in [0.05, 0.1) is 7.11 Å². The van der Waals surface area contributed by atoms with E-state index in [-0.39, 0.29) is 5.38 Å². The van der Waals surface area contributed by atoms with Gasteiger partial charge in [0.1, 0.15) is 5.75 Å². The van der Waals surface area contributed by atoms with E-state index in [0.29, 0.717) is 5.92 Å². The van der Waals surface area contributed by atoms with Crippen LogP contribution in [0.3, 0.4) is 0 Å². The first-order valence-corrected chi connectivity index (χ1v) is 5.92. The van der Waals surface area contributed by atoms with Crippen LogP contribution in [-0.2, 0) is 6.42 Å². The average Bonchev–Trinajstić information content (AvgIpc) is 2.96. The number of halogens is 1. The summed E-state index contributed by atoms with van der Waals surface area (Å²) in [4.78, 5) is 0. The second-order valence-electron chi connectivity index (χ2n) is 4.41. The van der Waals surface area contributed by atoms with E-state index in [1.54, 1.807) is 7.11 Å². The molecule has 0 aromatic heterocycles. The molecule has 0 bridgehead atoms. The van der Waals surface area contributed by atoms with Crippen molar-refractivity contribution < 1.29 is 4.74 Å². The molecular weight excluding hydrogens is 208 g/mol. The second kappa shape index (κ2) is 4.44. The third-order valence-corrected chi connectivity index (χ3v) is 3.72. The van der Waals surface area contributed by atoms with E-state index in [0.717, 1.165) is 18.1 Å². The molecule has 3 unspecified atom stereocenters. The third-order valence-electron chi connectivity index (χ3n) is 3.24. The van der Waals surface area contributed by atoms with Crippen LogP contribution in [-0.4, -0.2) is 12.5 Å². The van der Waals surface area contributed by atoms with E-state index in [1.165, 1.54) is 12.0 Å². The number of hydrogen-bond donors (Lipinski definition) is 0. The quantitative estimate of drug-likeness (QED) is 0.712. The molecular formula is C13H17ClO. The van der Waals surface area contributed by atoms with Gasteiger partial charge in [-0.3, -0.25) is 0 Å². The molecule has 3 atom stereocenters. The number of alkyl halides is 1. The van der Waals surface area contributed by atoms with E-state index in [4.69, 9.17) is 16.3 Å². The summed E-state index contributed by atoms with van der Waals surface area (Å²) in [7, 11) is 1.71. The molecule has 0 radical (unpaired) electrons. The predicted octanol–water partition coefficient (Wildman–Crippen LogP) is 3.50.